The fourth-order valence-corrected chi connectivity index (χ4v) is 1.35. The summed E-state index contributed by atoms with van der Waals surface area (Å²) in [5.74, 6) is 0. The van der Waals surface area contributed by atoms with Gasteiger partial charge in [-0.25, -0.2) is 0 Å². The van der Waals surface area contributed by atoms with Crippen LogP contribution in [0.15, 0.2) is 24.3 Å². The largest absolute Gasteiger partial charge is 0.320 e. The molecule has 0 radical (unpaired) electrons. The molecule has 12 heavy (non-hydrogen) atoms. The number of thiol groups is 1. The summed E-state index contributed by atoms with van der Waals surface area (Å²) in [5, 5.41) is 0.740. The third kappa shape index (κ3) is 3.48. The van der Waals surface area contributed by atoms with E-state index < -0.39 is 0 Å². The van der Waals surface area contributed by atoms with Crippen LogP contribution in [0, 0.1) is 0 Å². The highest BCUT2D eigenvalue weighted by molar-refractivity contribution is 7.80. The Hall–Kier alpha value is -0.180. The molecule has 66 valence electrons. The number of halogens is 1. The van der Waals surface area contributed by atoms with Crippen LogP contribution >= 0.6 is 24.2 Å². The van der Waals surface area contributed by atoms with Crippen LogP contribution in [-0.4, -0.2) is 5.37 Å². The van der Waals surface area contributed by atoms with Crippen molar-refractivity contribution in [2.24, 2.45) is 5.73 Å². The minimum absolute atomic E-state index is 0.0380. The van der Waals surface area contributed by atoms with E-state index in [2.05, 4.69) is 12.6 Å². The Morgan fingerprint density at radius 3 is 2.83 bits per heavy atom. The molecule has 0 aliphatic heterocycles. The number of hydrogen-bond donors (Lipinski definition) is 2. The van der Waals surface area contributed by atoms with E-state index in [-0.39, 0.29) is 5.37 Å². The molecule has 0 bridgehead atoms. The maximum absolute atomic E-state index is 5.81. The molecule has 0 spiro atoms. The second-order valence-corrected chi connectivity index (χ2v) is 3.84. The predicted octanol–water partition coefficient (Wildman–Crippen LogP) is 2.49. The minimum atomic E-state index is -0.0380. The number of aryl methyl sites for hydroxylation is 1. The first-order valence-corrected chi connectivity index (χ1v) is 4.76. The standard InChI is InChI=1S/C9H12ClNS/c10-8-3-1-2-7(6-8)4-5-9(11)12/h1-3,6,9,12H,4-5,11H2. The van der Waals surface area contributed by atoms with Crippen molar-refractivity contribution < 1.29 is 0 Å². The van der Waals surface area contributed by atoms with Crippen molar-refractivity contribution in [2.45, 2.75) is 18.2 Å². The molecule has 0 amide bonds. The Morgan fingerprint density at radius 1 is 1.50 bits per heavy atom. The first-order valence-electron chi connectivity index (χ1n) is 3.86. The Morgan fingerprint density at radius 2 is 2.25 bits per heavy atom. The van der Waals surface area contributed by atoms with Gasteiger partial charge in [0.25, 0.3) is 0 Å². The van der Waals surface area contributed by atoms with Gasteiger partial charge >= 0.3 is 0 Å². The van der Waals surface area contributed by atoms with E-state index in [1.807, 2.05) is 24.3 Å². The summed E-state index contributed by atoms with van der Waals surface area (Å²) in [6, 6.07) is 7.81. The molecule has 1 rings (SSSR count). The fraction of sp³-hybridized carbons (Fsp3) is 0.333. The van der Waals surface area contributed by atoms with E-state index in [4.69, 9.17) is 17.3 Å². The second kappa shape index (κ2) is 4.75. The lowest BCUT2D eigenvalue weighted by Crippen LogP contribution is -2.12. The van der Waals surface area contributed by atoms with Gasteiger partial charge in [-0.15, -0.1) is 0 Å². The SMILES string of the molecule is NC(S)CCc1cccc(Cl)c1. The first kappa shape index (κ1) is 9.90. The molecule has 1 aromatic rings. The van der Waals surface area contributed by atoms with Crippen LogP contribution in [0.5, 0.6) is 0 Å². The van der Waals surface area contributed by atoms with Crippen LogP contribution in [0.4, 0.5) is 0 Å². The third-order valence-corrected chi connectivity index (χ3v) is 2.11. The highest BCUT2D eigenvalue weighted by atomic mass is 35.5. The van der Waals surface area contributed by atoms with Gasteiger partial charge in [0.1, 0.15) is 0 Å². The smallest absolute Gasteiger partial charge is 0.0480 e. The van der Waals surface area contributed by atoms with E-state index in [1.165, 1.54) is 5.56 Å². The summed E-state index contributed by atoms with van der Waals surface area (Å²) in [6.45, 7) is 0. The van der Waals surface area contributed by atoms with Gasteiger partial charge in [0, 0.05) is 10.4 Å². The molecule has 0 saturated carbocycles. The average molecular weight is 202 g/mol. The van der Waals surface area contributed by atoms with Crippen molar-refractivity contribution in [1.29, 1.82) is 0 Å². The maximum atomic E-state index is 5.81. The van der Waals surface area contributed by atoms with Crippen LogP contribution in [-0.2, 0) is 6.42 Å². The summed E-state index contributed by atoms with van der Waals surface area (Å²) < 4.78 is 0. The molecule has 3 heteroatoms. The monoisotopic (exact) mass is 201 g/mol. The summed E-state index contributed by atoms with van der Waals surface area (Å²) >= 11 is 9.91. The van der Waals surface area contributed by atoms with Gasteiger partial charge in [-0.1, -0.05) is 23.7 Å². The maximum Gasteiger partial charge on any atom is 0.0480 e. The van der Waals surface area contributed by atoms with E-state index in [1.54, 1.807) is 0 Å². The molecule has 1 atom stereocenters. The summed E-state index contributed by atoms with van der Waals surface area (Å²) in [6.07, 6.45) is 1.81. The number of benzene rings is 1. The Bertz CT molecular complexity index is 250. The molecule has 0 aliphatic carbocycles. The number of nitrogens with two attached hydrogens (primary N) is 1. The molecule has 0 saturated heterocycles. The molecule has 0 aromatic heterocycles. The van der Waals surface area contributed by atoms with Crippen LogP contribution < -0.4 is 5.73 Å². The summed E-state index contributed by atoms with van der Waals surface area (Å²) in [5.41, 5.74) is 6.72. The van der Waals surface area contributed by atoms with Gasteiger partial charge < -0.3 is 5.73 Å². The number of hydrogen-bond acceptors (Lipinski definition) is 2. The van der Waals surface area contributed by atoms with Crippen molar-refractivity contribution in [3.05, 3.63) is 34.9 Å². The van der Waals surface area contributed by atoms with Crippen molar-refractivity contribution in [3.63, 3.8) is 0 Å². The molecular weight excluding hydrogens is 190 g/mol. The van der Waals surface area contributed by atoms with Gasteiger partial charge in [-0.3, -0.25) is 0 Å². The van der Waals surface area contributed by atoms with Gasteiger partial charge in [0.05, 0.1) is 0 Å². The summed E-state index contributed by atoms with van der Waals surface area (Å²) in [7, 11) is 0. The lowest BCUT2D eigenvalue weighted by Gasteiger charge is -2.03. The van der Waals surface area contributed by atoms with Crippen molar-refractivity contribution in [2.75, 3.05) is 0 Å². The molecule has 1 aromatic carbocycles. The zero-order valence-electron chi connectivity index (χ0n) is 6.70. The molecule has 0 aliphatic rings. The molecule has 1 unspecified atom stereocenters. The van der Waals surface area contributed by atoms with Crippen molar-refractivity contribution in [1.82, 2.24) is 0 Å². The van der Waals surface area contributed by atoms with E-state index in [0.717, 1.165) is 17.9 Å². The van der Waals surface area contributed by atoms with Crippen molar-refractivity contribution in [3.8, 4) is 0 Å². The van der Waals surface area contributed by atoms with E-state index >= 15 is 0 Å². The van der Waals surface area contributed by atoms with Crippen LogP contribution in [0.2, 0.25) is 5.02 Å². The fourth-order valence-electron chi connectivity index (χ4n) is 1.01. The Balaban J connectivity index is 2.52. The summed E-state index contributed by atoms with van der Waals surface area (Å²) in [4.78, 5) is 0. The van der Waals surface area contributed by atoms with Crippen LogP contribution in [0.25, 0.3) is 0 Å². The van der Waals surface area contributed by atoms with Gasteiger partial charge in [-0.05, 0) is 30.5 Å². The van der Waals surface area contributed by atoms with Gasteiger partial charge in [0.2, 0.25) is 0 Å². The highest BCUT2D eigenvalue weighted by Gasteiger charge is 1.97. The minimum Gasteiger partial charge on any atom is -0.320 e. The predicted molar refractivity (Wildman–Crippen MR) is 56.7 cm³/mol. The Labute approximate surface area is 83.3 Å². The van der Waals surface area contributed by atoms with E-state index in [0.29, 0.717) is 0 Å². The normalized spacial score (nSPS) is 12.9. The average Bonchev–Trinajstić information content (AvgIpc) is 2.01. The van der Waals surface area contributed by atoms with Gasteiger partial charge in [0.15, 0.2) is 0 Å². The zero-order chi connectivity index (χ0) is 8.97. The van der Waals surface area contributed by atoms with Crippen LogP contribution in [0.3, 0.4) is 0 Å². The molecular formula is C9H12ClNS. The van der Waals surface area contributed by atoms with Crippen LogP contribution in [0.1, 0.15) is 12.0 Å². The van der Waals surface area contributed by atoms with Gasteiger partial charge in [-0.2, -0.15) is 12.6 Å². The Kier molecular flexibility index (Phi) is 3.92. The van der Waals surface area contributed by atoms with E-state index in [9.17, 15) is 0 Å². The second-order valence-electron chi connectivity index (χ2n) is 2.74. The number of rotatable bonds is 3. The lowest BCUT2D eigenvalue weighted by atomic mass is 10.1. The zero-order valence-corrected chi connectivity index (χ0v) is 8.35. The topological polar surface area (TPSA) is 26.0 Å². The highest BCUT2D eigenvalue weighted by Crippen LogP contribution is 2.12. The third-order valence-electron chi connectivity index (χ3n) is 1.62. The quantitative estimate of drug-likeness (QED) is 0.571. The molecule has 1 nitrogen and oxygen atoms in total. The lowest BCUT2D eigenvalue weighted by molar-refractivity contribution is 0.791. The molecule has 0 fully saturated rings. The first-order chi connectivity index (χ1) is 5.68. The van der Waals surface area contributed by atoms with Crippen molar-refractivity contribution >= 4 is 24.2 Å². The molecule has 2 N–H and O–H groups in total. The molecule has 0 heterocycles.